The van der Waals surface area contributed by atoms with E-state index in [9.17, 15) is 9.18 Å². The largest absolute Gasteiger partial charge is 0.486 e. The van der Waals surface area contributed by atoms with Gasteiger partial charge in [-0.15, -0.1) is 0 Å². The number of carbonyl (C=O) groups excluding carboxylic acids is 1. The second kappa shape index (κ2) is 11.8. The van der Waals surface area contributed by atoms with Crippen LogP contribution in [0.15, 0.2) is 54.9 Å². The highest BCUT2D eigenvalue weighted by Crippen LogP contribution is 2.37. The molecule has 0 aliphatic carbocycles. The van der Waals surface area contributed by atoms with E-state index in [4.69, 9.17) is 27.9 Å². The fourth-order valence-electron chi connectivity index (χ4n) is 3.22. The lowest BCUT2D eigenvalue weighted by molar-refractivity contribution is 0.102. The van der Waals surface area contributed by atoms with Gasteiger partial charge in [0, 0.05) is 48.8 Å². The van der Waals surface area contributed by atoms with Gasteiger partial charge in [0.25, 0.3) is 5.91 Å². The second-order valence-corrected chi connectivity index (χ2v) is 8.04. The molecule has 0 saturated carbocycles. The summed E-state index contributed by atoms with van der Waals surface area (Å²) in [6.45, 7) is 4.37. The van der Waals surface area contributed by atoms with Crippen molar-refractivity contribution in [2.75, 3.05) is 36.9 Å². The SMILES string of the molecule is CCN(CCNC)c1c(Cl)cc(NC(=O)c2ccc(F)c(OCc3cccnc3)c2)cc1Cl. The molecule has 0 aliphatic rings. The zero-order valence-electron chi connectivity index (χ0n) is 18.4. The summed E-state index contributed by atoms with van der Waals surface area (Å²) in [5.41, 5.74) is 2.16. The maximum absolute atomic E-state index is 14.2. The van der Waals surface area contributed by atoms with Crippen molar-refractivity contribution in [3.8, 4) is 5.75 Å². The van der Waals surface area contributed by atoms with Crippen LogP contribution in [-0.2, 0) is 6.61 Å². The number of halogens is 3. The average molecular weight is 491 g/mol. The minimum Gasteiger partial charge on any atom is -0.486 e. The van der Waals surface area contributed by atoms with Gasteiger partial charge in [-0.25, -0.2) is 4.39 Å². The number of benzene rings is 2. The molecule has 1 amide bonds. The van der Waals surface area contributed by atoms with Crippen LogP contribution in [0, 0.1) is 5.82 Å². The van der Waals surface area contributed by atoms with Gasteiger partial charge in [0.1, 0.15) is 6.61 Å². The number of aromatic nitrogens is 1. The summed E-state index contributed by atoms with van der Waals surface area (Å²) in [4.78, 5) is 18.8. The molecule has 0 aliphatic heterocycles. The Morgan fingerprint density at radius 2 is 1.94 bits per heavy atom. The average Bonchev–Trinajstić information content (AvgIpc) is 2.80. The number of anilines is 2. The summed E-state index contributed by atoms with van der Waals surface area (Å²) in [6.07, 6.45) is 3.27. The fourth-order valence-corrected chi connectivity index (χ4v) is 3.94. The van der Waals surface area contributed by atoms with Gasteiger partial charge < -0.3 is 20.3 Å². The summed E-state index contributed by atoms with van der Waals surface area (Å²) in [7, 11) is 1.88. The molecule has 174 valence electrons. The number of pyridine rings is 1. The van der Waals surface area contributed by atoms with Crippen molar-refractivity contribution < 1.29 is 13.9 Å². The lowest BCUT2D eigenvalue weighted by Gasteiger charge is -2.25. The van der Waals surface area contributed by atoms with E-state index in [0.29, 0.717) is 21.4 Å². The Bertz CT molecular complexity index is 1080. The lowest BCUT2D eigenvalue weighted by atomic mass is 10.1. The van der Waals surface area contributed by atoms with Crippen LogP contribution in [0.2, 0.25) is 10.0 Å². The predicted molar refractivity (Wildman–Crippen MR) is 131 cm³/mol. The van der Waals surface area contributed by atoms with Crippen molar-refractivity contribution >= 4 is 40.5 Å². The number of hydrogen-bond donors (Lipinski definition) is 2. The Balaban J connectivity index is 1.74. The van der Waals surface area contributed by atoms with Gasteiger partial charge in [0.2, 0.25) is 0 Å². The predicted octanol–water partition coefficient (Wildman–Crippen LogP) is 5.40. The first kappa shape index (κ1) is 24.8. The fraction of sp³-hybridized carbons (Fsp3) is 0.250. The standard InChI is InChI=1S/C24H25Cl2FN4O2/c1-3-31(10-9-28-2)23-19(25)12-18(13-20(23)26)30-24(32)17-6-7-21(27)22(11-17)33-15-16-5-4-8-29-14-16/h4-8,11-14,28H,3,9-10,15H2,1-2H3,(H,30,32). The summed E-state index contributed by atoms with van der Waals surface area (Å²) in [5, 5.41) is 6.71. The Morgan fingerprint density at radius 1 is 1.18 bits per heavy atom. The van der Waals surface area contributed by atoms with Crippen molar-refractivity contribution in [3.05, 3.63) is 81.8 Å². The first-order valence-corrected chi connectivity index (χ1v) is 11.2. The highest BCUT2D eigenvalue weighted by molar-refractivity contribution is 6.39. The quantitative estimate of drug-likeness (QED) is 0.398. The molecule has 0 saturated heterocycles. The highest BCUT2D eigenvalue weighted by Gasteiger charge is 2.17. The first-order valence-electron chi connectivity index (χ1n) is 10.4. The molecule has 3 rings (SSSR count). The van der Waals surface area contributed by atoms with Crippen LogP contribution in [-0.4, -0.2) is 37.6 Å². The zero-order chi connectivity index (χ0) is 23.8. The zero-order valence-corrected chi connectivity index (χ0v) is 19.9. The Hall–Kier alpha value is -2.87. The third-order valence-electron chi connectivity index (χ3n) is 4.91. The summed E-state index contributed by atoms with van der Waals surface area (Å²) < 4.78 is 19.7. The third kappa shape index (κ3) is 6.57. The van der Waals surface area contributed by atoms with Gasteiger partial charge >= 0.3 is 0 Å². The van der Waals surface area contributed by atoms with Crippen LogP contribution in [0.3, 0.4) is 0 Å². The lowest BCUT2D eigenvalue weighted by Crippen LogP contribution is -2.31. The van der Waals surface area contributed by atoms with Crippen LogP contribution in [0.1, 0.15) is 22.8 Å². The molecule has 1 heterocycles. The van der Waals surface area contributed by atoms with E-state index in [1.165, 1.54) is 18.2 Å². The van der Waals surface area contributed by atoms with Crippen LogP contribution in [0.5, 0.6) is 5.75 Å². The number of rotatable bonds is 10. The molecule has 0 bridgehead atoms. The second-order valence-electron chi connectivity index (χ2n) is 7.22. The molecule has 0 unspecified atom stereocenters. The molecule has 33 heavy (non-hydrogen) atoms. The summed E-state index contributed by atoms with van der Waals surface area (Å²) in [6, 6.07) is 10.8. The smallest absolute Gasteiger partial charge is 0.255 e. The van der Waals surface area contributed by atoms with Gasteiger partial charge in [-0.05, 0) is 50.4 Å². The Labute approximate surface area is 202 Å². The Kier molecular flexibility index (Phi) is 8.88. The molecule has 0 spiro atoms. The number of nitrogens with one attached hydrogen (secondary N) is 2. The molecule has 2 N–H and O–H groups in total. The number of ether oxygens (including phenoxy) is 1. The maximum atomic E-state index is 14.2. The highest BCUT2D eigenvalue weighted by atomic mass is 35.5. The van der Waals surface area contributed by atoms with Crippen LogP contribution >= 0.6 is 23.2 Å². The van der Waals surface area contributed by atoms with Crippen molar-refractivity contribution in [1.82, 2.24) is 10.3 Å². The third-order valence-corrected chi connectivity index (χ3v) is 5.49. The van der Waals surface area contributed by atoms with E-state index in [1.54, 1.807) is 30.6 Å². The minimum absolute atomic E-state index is 0.0268. The summed E-state index contributed by atoms with van der Waals surface area (Å²) in [5.74, 6) is -1.03. The van der Waals surface area contributed by atoms with E-state index < -0.39 is 11.7 Å². The van der Waals surface area contributed by atoms with Gasteiger partial charge in [-0.2, -0.15) is 0 Å². The van der Waals surface area contributed by atoms with Gasteiger partial charge in [-0.3, -0.25) is 9.78 Å². The number of nitrogens with zero attached hydrogens (tertiary/aromatic N) is 2. The van der Waals surface area contributed by atoms with Gasteiger partial charge in [0.05, 0.1) is 15.7 Å². The Morgan fingerprint density at radius 3 is 2.58 bits per heavy atom. The van der Waals surface area contributed by atoms with Crippen molar-refractivity contribution in [2.45, 2.75) is 13.5 Å². The first-order chi connectivity index (χ1) is 15.9. The molecule has 9 heteroatoms. The van der Waals surface area contributed by atoms with Crippen molar-refractivity contribution in [1.29, 1.82) is 0 Å². The van der Waals surface area contributed by atoms with E-state index in [1.807, 2.05) is 20.0 Å². The van der Waals surface area contributed by atoms with Crippen LogP contribution in [0.4, 0.5) is 15.8 Å². The molecular weight excluding hydrogens is 466 g/mol. The van der Waals surface area contributed by atoms with Gasteiger partial charge in [0.15, 0.2) is 11.6 Å². The molecule has 2 aromatic carbocycles. The van der Waals surface area contributed by atoms with E-state index in [-0.39, 0.29) is 17.9 Å². The normalized spacial score (nSPS) is 10.7. The molecule has 0 atom stereocenters. The summed E-state index contributed by atoms with van der Waals surface area (Å²) >= 11 is 13.0. The molecule has 0 fully saturated rings. The molecule has 3 aromatic rings. The maximum Gasteiger partial charge on any atom is 0.255 e. The molecule has 1 aromatic heterocycles. The number of likely N-dealkylation sites (N-methyl/N-ethyl adjacent to an activating group) is 2. The van der Waals surface area contributed by atoms with Crippen LogP contribution in [0.25, 0.3) is 0 Å². The van der Waals surface area contributed by atoms with Crippen molar-refractivity contribution in [2.24, 2.45) is 0 Å². The molecule has 6 nitrogen and oxygen atoms in total. The van der Waals surface area contributed by atoms with E-state index in [0.717, 1.165) is 25.2 Å². The number of hydrogen-bond acceptors (Lipinski definition) is 5. The number of carbonyl (C=O) groups is 1. The molecular formula is C24H25Cl2FN4O2. The van der Waals surface area contributed by atoms with Crippen molar-refractivity contribution in [3.63, 3.8) is 0 Å². The topological polar surface area (TPSA) is 66.5 Å². The van der Waals surface area contributed by atoms with Gasteiger partial charge in [-0.1, -0.05) is 29.3 Å². The minimum atomic E-state index is -0.563. The van der Waals surface area contributed by atoms with E-state index in [2.05, 4.69) is 20.5 Å². The van der Waals surface area contributed by atoms with Crippen LogP contribution < -0.4 is 20.3 Å². The number of amides is 1. The van der Waals surface area contributed by atoms with E-state index >= 15 is 0 Å². The monoisotopic (exact) mass is 490 g/mol. The molecule has 0 radical (unpaired) electrons.